The molecule has 2 aliphatic rings. The largest absolute Gasteiger partial charge is 0.453 e. The number of aromatic amines is 2. The van der Waals surface area contributed by atoms with Crippen molar-refractivity contribution < 1.29 is 28.7 Å². The lowest BCUT2D eigenvalue weighted by Crippen LogP contribution is -2.42. The molecule has 4 heterocycles. The normalized spacial score (nSPS) is 17.6. The average Bonchev–Trinajstić information content (AvgIpc) is 4.08. The molecule has 0 unspecified atom stereocenters. The molecule has 56 heavy (non-hydrogen) atoms. The van der Waals surface area contributed by atoms with Crippen LogP contribution in [0.2, 0.25) is 0 Å². The van der Waals surface area contributed by atoms with E-state index in [9.17, 15) is 19.2 Å². The number of aryl methyl sites for hydroxylation is 2. The third-order valence-corrected chi connectivity index (χ3v) is 10.5. The minimum Gasteiger partial charge on any atom is -0.453 e. The van der Waals surface area contributed by atoms with Gasteiger partial charge in [-0.05, 0) is 55.2 Å². The number of H-pyrrole nitrogens is 2. The zero-order valence-corrected chi connectivity index (χ0v) is 31.4. The Hall–Kier alpha value is -6.44. The minimum absolute atomic E-state index is 0.204. The number of methoxy groups -OCH3 is 1. The highest BCUT2D eigenvalue weighted by Crippen LogP contribution is 2.36. The number of hydrogen-bond donors (Lipinski definition) is 4. The van der Waals surface area contributed by atoms with E-state index in [-0.39, 0.29) is 23.9 Å². The van der Waals surface area contributed by atoms with E-state index in [2.05, 4.69) is 54.8 Å². The van der Waals surface area contributed by atoms with Crippen molar-refractivity contribution in [1.82, 2.24) is 40.4 Å². The maximum absolute atomic E-state index is 13.8. The lowest BCUT2D eigenvalue weighted by Gasteiger charge is -2.28. The summed E-state index contributed by atoms with van der Waals surface area (Å²) in [5, 5.41) is 5.15. The first-order valence-corrected chi connectivity index (χ1v) is 18.9. The number of likely N-dealkylation sites (tertiary alicyclic amines) is 2. The van der Waals surface area contributed by atoms with Crippen LogP contribution in [0.25, 0.3) is 11.3 Å². The van der Waals surface area contributed by atoms with E-state index >= 15 is 0 Å². The number of ether oxygens (including phenoxy) is 2. The van der Waals surface area contributed by atoms with Crippen LogP contribution in [-0.2, 0) is 31.9 Å². The molecule has 4 N–H and O–H groups in total. The fraction of sp³-hybridized carbons (Fsp3) is 0.333. The molecule has 0 aliphatic carbocycles. The molecule has 2 aliphatic heterocycles. The third kappa shape index (κ3) is 8.43. The number of aromatic nitrogens is 4. The maximum atomic E-state index is 13.8. The summed E-state index contributed by atoms with van der Waals surface area (Å²) in [7, 11) is 2.75. The lowest BCUT2D eigenvalue weighted by molar-refractivity contribution is -0.142. The zero-order valence-electron chi connectivity index (χ0n) is 31.4. The number of hydrogen-bond acceptors (Lipinski definition) is 8. The third-order valence-electron chi connectivity index (χ3n) is 10.5. The molecule has 0 bridgehead atoms. The first-order valence-electron chi connectivity index (χ1n) is 18.9. The first-order chi connectivity index (χ1) is 27.3. The molecule has 4 atom stereocenters. The SMILES string of the molecule is CNC(=O)O[C@@H](C(=O)N1CCC[C@H]1c1ncc(-c2ccc(CCc3cnc([C@@H]4CCCN4C(=O)[C@H](NC(=O)OC)c4ccccc4)[nH]3)cc2)[nH]1)c1ccccc1. The molecule has 4 amide bonds. The van der Waals surface area contributed by atoms with Gasteiger partial charge in [-0.25, -0.2) is 19.6 Å². The number of nitrogens with one attached hydrogen (secondary N) is 4. The number of alkyl carbamates (subject to hydrolysis) is 2. The van der Waals surface area contributed by atoms with Crippen LogP contribution in [0, 0.1) is 0 Å². The molecule has 3 aromatic carbocycles. The summed E-state index contributed by atoms with van der Waals surface area (Å²) in [6.45, 7) is 1.10. The molecule has 290 valence electrons. The van der Waals surface area contributed by atoms with E-state index in [0.717, 1.165) is 66.9 Å². The lowest BCUT2D eigenvalue weighted by atomic mass is 10.0. The standard InChI is InChI=1S/C42H46N8O6/c1-43-41(53)56-36(30-13-7-4-8-14-30)40(52)50-24-10-16-34(50)38-45-26-32(47-38)28-20-17-27(18-21-28)19-22-31-25-44-37(46-31)33-15-9-23-49(33)39(51)35(48-42(54)55-2)29-11-5-3-6-12-29/h3-8,11-14,17-18,20-21,25-26,33-36H,9-10,15-16,19,22-24H2,1-2H3,(H,43,53)(H,44,46)(H,45,47)(H,48,54)/t33-,34-,35+,36+/m0/s1. The van der Waals surface area contributed by atoms with E-state index in [1.54, 1.807) is 28.1 Å². The number of benzene rings is 3. The quantitative estimate of drug-likeness (QED) is 0.118. The van der Waals surface area contributed by atoms with Crippen molar-refractivity contribution in [3.8, 4) is 11.3 Å². The van der Waals surface area contributed by atoms with Crippen LogP contribution >= 0.6 is 0 Å². The Kier molecular flexibility index (Phi) is 11.7. The molecular weight excluding hydrogens is 713 g/mol. The molecule has 2 saturated heterocycles. The number of nitrogens with zero attached hydrogens (tertiary/aromatic N) is 4. The number of rotatable bonds is 12. The van der Waals surface area contributed by atoms with Gasteiger partial charge >= 0.3 is 12.2 Å². The highest BCUT2D eigenvalue weighted by Gasteiger charge is 2.39. The van der Waals surface area contributed by atoms with Crippen molar-refractivity contribution in [2.75, 3.05) is 27.2 Å². The number of amides is 4. The molecule has 5 aromatic rings. The van der Waals surface area contributed by atoms with Gasteiger partial charge in [-0.1, -0.05) is 84.9 Å². The molecule has 0 saturated carbocycles. The van der Waals surface area contributed by atoms with Crippen LogP contribution in [0.5, 0.6) is 0 Å². The smallest absolute Gasteiger partial charge is 0.408 e. The molecular formula is C42H46N8O6. The van der Waals surface area contributed by atoms with Crippen LogP contribution in [0.3, 0.4) is 0 Å². The first kappa shape index (κ1) is 37.9. The van der Waals surface area contributed by atoms with E-state index < -0.39 is 24.3 Å². The van der Waals surface area contributed by atoms with Crippen molar-refractivity contribution in [3.05, 3.63) is 131 Å². The van der Waals surface area contributed by atoms with Crippen LogP contribution in [0.1, 0.15) is 83.9 Å². The summed E-state index contributed by atoms with van der Waals surface area (Å²) in [4.78, 5) is 71.8. The van der Waals surface area contributed by atoms with Crippen LogP contribution in [0.15, 0.2) is 97.3 Å². The van der Waals surface area contributed by atoms with Gasteiger partial charge in [0.05, 0.1) is 31.1 Å². The average molecular weight is 759 g/mol. The molecule has 0 spiro atoms. The van der Waals surface area contributed by atoms with Gasteiger partial charge in [0.25, 0.3) is 11.8 Å². The number of carbonyl (C=O) groups is 4. The predicted octanol–water partition coefficient (Wildman–Crippen LogP) is 6.11. The molecule has 2 fully saturated rings. The van der Waals surface area contributed by atoms with Crippen molar-refractivity contribution >= 4 is 24.0 Å². The van der Waals surface area contributed by atoms with Gasteiger partial charge < -0.3 is 39.9 Å². The van der Waals surface area contributed by atoms with Gasteiger partial charge in [-0.3, -0.25) is 9.59 Å². The minimum atomic E-state index is -1.07. The van der Waals surface area contributed by atoms with E-state index in [1.165, 1.54) is 14.2 Å². The Balaban J connectivity index is 0.972. The summed E-state index contributed by atoms with van der Waals surface area (Å²) >= 11 is 0. The van der Waals surface area contributed by atoms with Gasteiger partial charge in [0.1, 0.15) is 17.7 Å². The van der Waals surface area contributed by atoms with Crippen LogP contribution in [-0.4, -0.2) is 81.0 Å². The highest BCUT2D eigenvalue weighted by molar-refractivity contribution is 5.87. The second-order valence-corrected chi connectivity index (χ2v) is 14.0. The zero-order chi connectivity index (χ0) is 39.0. The van der Waals surface area contributed by atoms with Crippen LogP contribution in [0.4, 0.5) is 9.59 Å². The predicted molar refractivity (Wildman–Crippen MR) is 207 cm³/mol. The second-order valence-electron chi connectivity index (χ2n) is 14.0. The molecule has 14 nitrogen and oxygen atoms in total. The van der Waals surface area contributed by atoms with Crippen molar-refractivity contribution in [2.24, 2.45) is 0 Å². The Labute approximate surface area is 325 Å². The number of carbonyl (C=O) groups excluding carboxylic acids is 4. The Morgan fingerprint density at radius 3 is 2.00 bits per heavy atom. The monoisotopic (exact) mass is 758 g/mol. The summed E-state index contributed by atoms with van der Waals surface area (Å²) in [6, 6.07) is 25.1. The van der Waals surface area contributed by atoms with Gasteiger partial charge in [-0.15, -0.1) is 0 Å². The summed E-state index contributed by atoms with van der Waals surface area (Å²) < 4.78 is 10.4. The maximum Gasteiger partial charge on any atom is 0.408 e. The Bertz CT molecular complexity index is 2120. The van der Waals surface area contributed by atoms with Crippen molar-refractivity contribution in [3.63, 3.8) is 0 Å². The summed E-state index contributed by atoms with van der Waals surface area (Å²) in [5.41, 5.74) is 5.23. The van der Waals surface area contributed by atoms with E-state index in [1.807, 2.05) is 54.7 Å². The van der Waals surface area contributed by atoms with E-state index in [4.69, 9.17) is 9.47 Å². The Morgan fingerprint density at radius 1 is 0.750 bits per heavy atom. The van der Waals surface area contributed by atoms with Crippen LogP contribution < -0.4 is 10.6 Å². The van der Waals surface area contributed by atoms with Gasteiger partial charge in [0, 0.05) is 37.6 Å². The van der Waals surface area contributed by atoms with Crippen molar-refractivity contribution in [2.45, 2.75) is 62.8 Å². The van der Waals surface area contributed by atoms with Gasteiger partial charge in [0.15, 0.2) is 0 Å². The second kappa shape index (κ2) is 17.4. The van der Waals surface area contributed by atoms with Gasteiger partial charge in [0.2, 0.25) is 6.10 Å². The Morgan fingerprint density at radius 2 is 1.36 bits per heavy atom. The highest BCUT2D eigenvalue weighted by atomic mass is 16.6. The molecule has 14 heteroatoms. The fourth-order valence-corrected chi connectivity index (χ4v) is 7.57. The molecule has 7 rings (SSSR count). The van der Waals surface area contributed by atoms with Gasteiger partial charge in [-0.2, -0.15) is 0 Å². The summed E-state index contributed by atoms with van der Waals surface area (Å²) in [6.07, 6.45) is 5.88. The fourth-order valence-electron chi connectivity index (χ4n) is 7.57. The van der Waals surface area contributed by atoms with E-state index in [0.29, 0.717) is 30.0 Å². The molecule has 0 radical (unpaired) electrons. The molecule has 2 aromatic heterocycles. The topological polar surface area (TPSA) is 175 Å². The number of imidazole rings is 2. The summed E-state index contributed by atoms with van der Waals surface area (Å²) in [5.74, 6) is 0.935. The van der Waals surface area contributed by atoms with Crippen molar-refractivity contribution in [1.29, 1.82) is 0 Å².